The molecule has 0 saturated carbocycles. The van der Waals surface area contributed by atoms with Crippen LogP contribution in [0.4, 0.5) is 0 Å². The van der Waals surface area contributed by atoms with E-state index in [9.17, 15) is 30.0 Å². The summed E-state index contributed by atoms with van der Waals surface area (Å²) in [6.07, 6.45) is -7.11. The first-order valence-corrected chi connectivity index (χ1v) is 8.01. The Bertz CT molecular complexity index is 472. The number of carbonyl (C=O) groups excluding carboxylic acids is 2. The maximum absolute atomic E-state index is 12.1. The molecule has 1 rings (SSSR count). The van der Waals surface area contributed by atoms with Gasteiger partial charge in [0.05, 0.1) is 25.4 Å². The molecule has 0 aromatic carbocycles. The highest BCUT2D eigenvalue weighted by molar-refractivity contribution is 5.78. The minimum atomic E-state index is -2.57. The van der Waals surface area contributed by atoms with Gasteiger partial charge in [0.2, 0.25) is 5.91 Å². The van der Waals surface area contributed by atoms with Crippen molar-refractivity contribution < 1.29 is 44.6 Å². The highest BCUT2D eigenvalue weighted by atomic mass is 16.7. The van der Waals surface area contributed by atoms with Crippen LogP contribution in [0.5, 0.6) is 0 Å². The summed E-state index contributed by atoms with van der Waals surface area (Å²) in [5, 5.41) is 51.7. The van der Waals surface area contributed by atoms with Crippen LogP contribution in [0.1, 0.15) is 27.2 Å². The zero-order chi connectivity index (χ0) is 19.4. The van der Waals surface area contributed by atoms with E-state index < -0.39 is 61.1 Å². The number of rotatable bonds is 7. The molecule has 1 aliphatic rings. The lowest BCUT2D eigenvalue weighted by Crippen LogP contribution is -2.67. The fraction of sp³-hybridized carbons (Fsp3) is 0.867. The zero-order valence-corrected chi connectivity index (χ0v) is 14.5. The molecule has 0 spiro atoms. The molecule has 1 fully saturated rings. The van der Waals surface area contributed by atoms with Gasteiger partial charge in [-0.15, -0.1) is 0 Å². The number of carbonyl (C=O) groups is 2. The van der Waals surface area contributed by atoms with Crippen molar-refractivity contribution in [2.45, 2.75) is 63.4 Å². The van der Waals surface area contributed by atoms with Gasteiger partial charge in [-0.2, -0.15) is 0 Å². The van der Waals surface area contributed by atoms with E-state index in [1.165, 1.54) is 0 Å². The molecule has 0 aromatic heterocycles. The van der Waals surface area contributed by atoms with E-state index >= 15 is 0 Å². The number of hydrogen-bond donors (Lipinski definition) is 6. The van der Waals surface area contributed by atoms with Gasteiger partial charge in [-0.3, -0.25) is 4.79 Å². The molecule has 10 nitrogen and oxygen atoms in total. The fourth-order valence-corrected chi connectivity index (χ4v) is 2.48. The standard InChI is InChI=1S/C15H27NO9/c1-7(2)6-24-14(22)15(23)4-9(19)11(16-8(3)18)13(25-15)12(21)10(20)5-17/h7,9-13,17,19-21,23H,4-6H2,1-3H3,(H,16,18)/t9-,10+,11+,12+,13+,15?/m0/s1. The third-order valence-electron chi connectivity index (χ3n) is 3.74. The number of esters is 1. The van der Waals surface area contributed by atoms with Crippen LogP contribution in [0.25, 0.3) is 0 Å². The van der Waals surface area contributed by atoms with E-state index in [4.69, 9.17) is 14.6 Å². The van der Waals surface area contributed by atoms with Crippen molar-refractivity contribution in [1.82, 2.24) is 5.32 Å². The van der Waals surface area contributed by atoms with Crippen LogP contribution < -0.4 is 5.32 Å². The van der Waals surface area contributed by atoms with Gasteiger partial charge in [-0.25, -0.2) is 4.79 Å². The molecule has 6 atom stereocenters. The maximum Gasteiger partial charge on any atom is 0.366 e. The van der Waals surface area contributed by atoms with Crippen molar-refractivity contribution in [2.24, 2.45) is 5.92 Å². The van der Waals surface area contributed by atoms with Gasteiger partial charge in [0.1, 0.15) is 18.3 Å². The van der Waals surface area contributed by atoms with Gasteiger partial charge >= 0.3 is 5.97 Å². The quantitative estimate of drug-likeness (QED) is 0.262. The molecule has 1 aliphatic heterocycles. The van der Waals surface area contributed by atoms with Crippen molar-refractivity contribution in [3.05, 3.63) is 0 Å². The van der Waals surface area contributed by atoms with E-state index in [1.807, 2.05) is 0 Å². The Kier molecular flexibility index (Phi) is 7.72. The lowest BCUT2D eigenvalue weighted by molar-refractivity contribution is -0.297. The number of hydrogen-bond acceptors (Lipinski definition) is 9. The average Bonchev–Trinajstić information content (AvgIpc) is 2.53. The molecule has 1 saturated heterocycles. The Morgan fingerprint density at radius 2 is 1.96 bits per heavy atom. The van der Waals surface area contributed by atoms with Crippen molar-refractivity contribution in [3.8, 4) is 0 Å². The largest absolute Gasteiger partial charge is 0.461 e. The molecule has 1 heterocycles. The minimum absolute atomic E-state index is 0.00219. The third kappa shape index (κ3) is 5.59. The lowest BCUT2D eigenvalue weighted by Gasteiger charge is -2.45. The number of amides is 1. The SMILES string of the molecule is CC(=O)N[C@H]1[C@H]([C@H](O)[C@H](O)CO)OC(O)(C(=O)OCC(C)C)C[C@@H]1O. The summed E-state index contributed by atoms with van der Waals surface area (Å²) in [6, 6.07) is -1.22. The summed E-state index contributed by atoms with van der Waals surface area (Å²) in [7, 11) is 0. The first-order valence-electron chi connectivity index (χ1n) is 8.01. The van der Waals surface area contributed by atoms with Gasteiger partial charge in [0.15, 0.2) is 0 Å². The summed E-state index contributed by atoms with van der Waals surface area (Å²) < 4.78 is 10.1. The number of aliphatic hydroxyl groups excluding tert-OH is 4. The topological polar surface area (TPSA) is 166 Å². The highest BCUT2D eigenvalue weighted by Gasteiger charge is 2.54. The van der Waals surface area contributed by atoms with Crippen LogP contribution >= 0.6 is 0 Å². The summed E-state index contributed by atoms with van der Waals surface area (Å²) >= 11 is 0. The molecular weight excluding hydrogens is 338 g/mol. The van der Waals surface area contributed by atoms with Crippen molar-refractivity contribution >= 4 is 11.9 Å². The Morgan fingerprint density at radius 1 is 1.36 bits per heavy atom. The first kappa shape index (κ1) is 21.7. The maximum atomic E-state index is 12.1. The fourth-order valence-electron chi connectivity index (χ4n) is 2.48. The van der Waals surface area contributed by atoms with E-state index in [2.05, 4.69) is 5.32 Å². The van der Waals surface area contributed by atoms with E-state index in [0.717, 1.165) is 6.92 Å². The minimum Gasteiger partial charge on any atom is -0.461 e. The summed E-state index contributed by atoms with van der Waals surface area (Å²) in [5.74, 6) is -4.29. The molecule has 0 radical (unpaired) electrons. The molecule has 25 heavy (non-hydrogen) atoms. The zero-order valence-electron chi connectivity index (χ0n) is 14.5. The van der Waals surface area contributed by atoms with Crippen LogP contribution in [0.15, 0.2) is 0 Å². The van der Waals surface area contributed by atoms with Gasteiger partial charge in [-0.1, -0.05) is 13.8 Å². The van der Waals surface area contributed by atoms with Crippen molar-refractivity contribution in [2.75, 3.05) is 13.2 Å². The van der Waals surface area contributed by atoms with Gasteiger partial charge in [0.25, 0.3) is 5.79 Å². The van der Waals surface area contributed by atoms with Crippen LogP contribution in [0.2, 0.25) is 0 Å². The number of ether oxygens (including phenoxy) is 2. The predicted octanol–water partition coefficient (Wildman–Crippen LogP) is -2.76. The van der Waals surface area contributed by atoms with Gasteiger partial charge < -0.3 is 40.3 Å². The molecule has 1 amide bonds. The Hall–Kier alpha value is -1.30. The molecule has 0 aliphatic carbocycles. The first-order chi connectivity index (χ1) is 11.5. The lowest BCUT2D eigenvalue weighted by atomic mass is 9.88. The van der Waals surface area contributed by atoms with E-state index in [0.29, 0.717) is 0 Å². The van der Waals surface area contributed by atoms with Crippen LogP contribution in [-0.4, -0.2) is 86.9 Å². The molecule has 0 aromatic rings. The van der Waals surface area contributed by atoms with Crippen molar-refractivity contribution in [1.29, 1.82) is 0 Å². The van der Waals surface area contributed by atoms with Crippen LogP contribution in [0, 0.1) is 5.92 Å². The summed E-state index contributed by atoms with van der Waals surface area (Å²) in [5.41, 5.74) is 0. The average molecular weight is 365 g/mol. The Morgan fingerprint density at radius 3 is 2.44 bits per heavy atom. The summed E-state index contributed by atoms with van der Waals surface area (Å²) in [4.78, 5) is 23.4. The summed E-state index contributed by atoms with van der Waals surface area (Å²) in [6.45, 7) is 3.90. The van der Waals surface area contributed by atoms with Gasteiger partial charge in [-0.05, 0) is 5.92 Å². The monoisotopic (exact) mass is 365 g/mol. The van der Waals surface area contributed by atoms with E-state index in [-0.39, 0.29) is 12.5 Å². The second-order valence-electron chi connectivity index (χ2n) is 6.60. The Balaban J connectivity index is 3.04. The van der Waals surface area contributed by atoms with E-state index in [1.54, 1.807) is 13.8 Å². The number of aliphatic hydroxyl groups is 5. The highest BCUT2D eigenvalue weighted by Crippen LogP contribution is 2.31. The van der Waals surface area contributed by atoms with Crippen LogP contribution in [0.3, 0.4) is 0 Å². The molecule has 6 N–H and O–H groups in total. The number of nitrogens with one attached hydrogen (secondary N) is 1. The van der Waals surface area contributed by atoms with Crippen molar-refractivity contribution in [3.63, 3.8) is 0 Å². The smallest absolute Gasteiger partial charge is 0.366 e. The molecule has 10 heteroatoms. The normalized spacial score (nSPS) is 32.1. The molecular formula is C15H27NO9. The second kappa shape index (κ2) is 8.88. The predicted molar refractivity (Wildman–Crippen MR) is 82.9 cm³/mol. The second-order valence-corrected chi connectivity index (χ2v) is 6.60. The molecule has 1 unspecified atom stereocenters. The third-order valence-corrected chi connectivity index (χ3v) is 3.74. The molecule has 146 valence electrons. The molecule has 0 bridgehead atoms. The Labute approximate surface area is 145 Å². The van der Waals surface area contributed by atoms with Gasteiger partial charge in [0, 0.05) is 13.3 Å². The van der Waals surface area contributed by atoms with Crippen LogP contribution in [-0.2, 0) is 19.1 Å².